The summed E-state index contributed by atoms with van der Waals surface area (Å²) in [5.41, 5.74) is -3.30. The Kier molecular flexibility index (Phi) is 8.55. The number of amides is 2. The standard InChI is InChI=1S/C30H35F4N5O4/c1-17-15-38(11-10-37(17)3)22-13-21(31)24(18-6-4-9-39(16-18)29(42)43-30(2)7-5-8-30)25(32)26(22)36-28(41)20-14-35-23(40)12-19(20)27(33)34/h6,12-14,17,27H,4-5,7-11,15-16H2,1-3H3,(H,35,40)(H,36,41)/t17-/m0/s1. The van der Waals surface area contributed by atoms with Gasteiger partial charge < -0.3 is 29.7 Å². The molecule has 1 aromatic heterocycles. The molecule has 1 aliphatic carbocycles. The summed E-state index contributed by atoms with van der Waals surface area (Å²) < 4.78 is 65.4. The SMILES string of the molecule is C[C@H]1CN(c2cc(F)c(C3=CCCN(C(=O)OC4(C)CCC4)C3)c(F)c2NC(=O)c2c[nH]c(=O)cc2C(F)F)CCN1C. The van der Waals surface area contributed by atoms with Crippen molar-refractivity contribution in [2.45, 2.75) is 57.6 Å². The summed E-state index contributed by atoms with van der Waals surface area (Å²) >= 11 is 0. The zero-order chi connectivity index (χ0) is 31.1. The number of aromatic nitrogens is 1. The third kappa shape index (κ3) is 6.27. The van der Waals surface area contributed by atoms with Gasteiger partial charge in [0.25, 0.3) is 12.3 Å². The molecule has 232 valence electrons. The number of nitrogens with zero attached hydrogens (tertiary/aromatic N) is 3. The maximum atomic E-state index is 16.5. The number of carbonyl (C=O) groups excluding carboxylic acids is 2. The molecule has 2 N–H and O–H groups in total. The predicted octanol–water partition coefficient (Wildman–Crippen LogP) is 5.15. The Morgan fingerprint density at radius 3 is 2.56 bits per heavy atom. The molecule has 5 rings (SSSR count). The molecule has 2 aromatic rings. The normalized spacial score (nSPS) is 20.5. The lowest BCUT2D eigenvalue weighted by Crippen LogP contribution is -2.50. The second kappa shape index (κ2) is 12.0. The average molecular weight is 606 g/mol. The Balaban J connectivity index is 1.52. The molecule has 0 radical (unpaired) electrons. The van der Waals surface area contributed by atoms with Gasteiger partial charge in [0.15, 0.2) is 5.82 Å². The second-order valence-corrected chi connectivity index (χ2v) is 11.7. The number of hydrogen-bond donors (Lipinski definition) is 2. The highest BCUT2D eigenvalue weighted by Crippen LogP contribution is 2.39. The van der Waals surface area contributed by atoms with E-state index in [1.165, 1.54) is 4.90 Å². The number of benzene rings is 1. The minimum absolute atomic E-state index is 0.0193. The molecule has 2 aliphatic heterocycles. The largest absolute Gasteiger partial charge is 0.443 e. The number of H-pyrrole nitrogens is 1. The molecule has 0 bridgehead atoms. The topological polar surface area (TPSA) is 98.0 Å². The molecular weight excluding hydrogens is 570 g/mol. The maximum Gasteiger partial charge on any atom is 0.410 e. The Morgan fingerprint density at radius 1 is 1.16 bits per heavy atom. The number of piperazine rings is 1. The molecule has 1 aromatic carbocycles. The van der Waals surface area contributed by atoms with E-state index in [9.17, 15) is 23.2 Å². The lowest BCUT2D eigenvalue weighted by molar-refractivity contribution is -0.0465. The van der Waals surface area contributed by atoms with Crippen LogP contribution in [0.1, 0.15) is 67.4 Å². The van der Waals surface area contributed by atoms with Crippen LogP contribution in [0, 0.1) is 11.6 Å². The van der Waals surface area contributed by atoms with Crippen molar-refractivity contribution in [2.24, 2.45) is 0 Å². The van der Waals surface area contributed by atoms with Gasteiger partial charge in [-0.2, -0.15) is 0 Å². The van der Waals surface area contributed by atoms with Crippen LogP contribution in [0.3, 0.4) is 0 Å². The summed E-state index contributed by atoms with van der Waals surface area (Å²) in [7, 11) is 1.93. The van der Waals surface area contributed by atoms with Gasteiger partial charge in [-0.25, -0.2) is 22.4 Å². The van der Waals surface area contributed by atoms with E-state index in [4.69, 9.17) is 4.74 Å². The van der Waals surface area contributed by atoms with Crippen LogP contribution in [0.15, 0.2) is 29.2 Å². The Hall–Kier alpha value is -3.87. The summed E-state index contributed by atoms with van der Waals surface area (Å²) in [6.45, 7) is 5.36. The number of nitrogens with one attached hydrogen (secondary N) is 2. The highest BCUT2D eigenvalue weighted by Gasteiger charge is 2.38. The molecule has 3 heterocycles. The van der Waals surface area contributed by atoms with Crippen molar-refractivity contribution in [3.63, 3.8) is 0 Å². The van der Waals surface area contributed by atoms with Crippen LogP contribution < -0.4 is 15.8 Å². The van der Waals surface area contributed by atoms with Gasteiger partial charge in [0.1, 0.15) is 17.1 Å². The predicted molar refractivity (Wildman–Crippen MR) is 154 cm³/mol. The van der Waals surface area contributed by atoms with Gasteiger partial charge in [0.2, 0.25) is 5.56 Å². The van der Waals surface area contributed by atoms with E-state index in [0.29, 0.717) is 38.7 Å². The first-order valence-corrected chi connectivity index (χ1v) is 14.3. The third-order valence-electron chi connectivity index (χ3n) is 8.65. The van der Waals surface area contributed by atoms with Crippen molar-refractivity contribution in [3.05, 3.63) is 63.1 Å². The second-order valence-electron chi connectivity index (χ2n) is 11.7. The molecule has 0 unspecified atom stereocenters. The van der Waals surface area contributed by atoms with Gasteiger partial charge in [-0.1, -0.05) is 6.08 Å². The van der Waals surface area contributed by atoms with Crippen LogP contribution in [0.25, 0.3) is 5.57 Å². The lowest BCUT2D eigenvalue weighted by atomic mass is 9.82. The first-order chi connectivity index (χ1) is 20.4. The van der Waals surface area contributed by atoms with E-state index >= 15 is 8.78 Å². The van der Waals surface area contributed by atoms with Crippen LogP contribution in [-0.2, 0) is 4.74 Å². The monoisotopic (exact) mass is 605 g/mol. The van der Waals surface area contributed by atoms with Crippen molar-refractivity contribution < 1.29 is 31.9 Å². The van der Waals surface area contributed by atoms with E-state index in [1.807, 2.05) is 20.9 Å². The van der Waals surface area contributed by atoms with Crippen molar-refractivity contribution in [1.29, 1.82) is 0 Å². The smallest absolute Gasteiger partial charge is 0.410 e. The van der Waals surface area contributed by atoms with Crippen molar-refractivity contribution >= 4 is 28.9 Å². The highest BCUT2D eigenvalue weighted by molar-refractivity contribution is 6.07. The number of likely N-dealkylation sites (N-methyl/N-ethyl adjacent to an activating group) is 1. The summed E-state index contributed by atoms with van der Waals surface area (Å²) in [4.78, 5) is 45.2. The van der Waals surface area contributed by atoms with E-state index in [2.05, 4.69) is 15.2 Å². The number of halogens is 4. The number of hydrogen-bond acceptors (Lipinski definition) is 6. The fourth-order valence-electron chi connectivity index (χ4n) is 5.71. The number of pyridine rings is 1. The van der Waals surface area contributed by atoms with Gasteiger partial charge in [0.05, 0.1) is 16.8 Å². The van der Waals surface area contributed by atoms with Crippen LogP contribution >= 0.6 is 0 Å². The quantitative estimate of drug-likeness (QED) is 0.442. The number of anilines is 2. The fraction of sp³-hybridized carbons (Fsp3) is 0.500. The van der Waals surface area contributed by atoms with Gasteiger partial charge in [0, 0.05) is 62.7 Å². The molecule has 1 saturated heterocycles. The van der Waals surface area contributed by atoms with E-state index in [0.717, 1.165) is 31.5 Å². The van der Waals surface area contributed by atoms with E-state index in [1.54, 1.807) is 11.0 Å². The highest BCUT2D eigenvalue weighted by atomic mass is 19.3. The fourth-order valence-corrected chi connectivity index (χ4v) is 5.71. The zero-order valence-corrected chi connectivity index (χ0v) is 24.3. The van der Waals surface area contributed by atoms with Crippen molar-refractivity contribution in [3.8, 4) is 0 Å². The minimum atomic E-state index is -3.14. The van der Waals surface area contributed by atoms with E-state index in [-0.39, 0.29) is 29.5 Å². The first-order valence-electron chi connectivity index (χ1n) is 14.3. The molecular formula is C30H35F4N5O4. The zero-order valence-electron chi connectivity index (χ0n) is 24.3. The number of carbonyl (C=O) groups is 2. The summed E-state index contributed by atoms with van der Waals surface area (Å²) in [6, 6.07) is 1.76. The maximum absolute atomic E-state index is 16.5. The molecule has 2 amide bonds. The molecule has 9 nitrogen and oxygen atoms in total. The first kappa shape index (κ1) is 30.6. The Labute approximate surface area is 246 Å². The number of ether oxygens (including phenoxy) is 1. The van der Waals surface area contributed by atoms with Crippen LogP contribution in [0.4, 0.5) is 33.7 Å². The van der Waals surface area contributed by atoms with Crippen LogP contribution in [0.5, 0.6) is 0 Å². The summed E-state index contributed by atoms with van der Waals surface area (Å²) in [5.74, 6) is -3.07. The molecule has 3 aliphatic rings. The van der Waals surface area contributed by atoms with Gasteiger partial charge in [-0.05, 0) is 52.2 Å². The summed E-state index contributed by atoms with van der Waals surface area (Å²) in [6.07, 6.45) is 1.54. The number of rotatable bonds is 6. The van der Waals surface area contributed by atoms with Gasteiger partial charge in [-0.15, -0.1) is 0 Å². The van der Waals surface area contributed by atoms with Gasteiger partial charge in [-0.3, -0.25) is 9.59 Å². The molecule has 2 fully saturated rings. The minimum Gasteiger partial charge on any atom is -0.443 e. The van der Waals surface area contributed by atoms with Crippen LogP contribution in [-0.4, -0.2) is 78.2 Å². The molecule has 43 heavy (non-hydrogen) atoms. The Morgan fingerprint density at radius 2 is 1.91 bits per heavy atom. The van der Waals surface area contributed by atoms with Crippen LogP contribution in [0.2, 0.25) is 0 Å². The average Bonchev–Trinajstić information content (AvgIpc) is 2.95. The summed E-state index contributed by atoms with van der Waals surface area (Å²) in [5, 5.41) is 2.40. The number of alkyl halides is 2. The molecule has 1 atom stereocenters. The van der Waals surface area contributed by atoms with Crippen molar-refractivity contribution in [2.75, 3.05) is 50.0 Å². The Bertz CT molecular complexity index is 1510. The third-order valence-corrected chi connectivity index (χ3v) is 8.65. The molecule has 13 heteroatoms. The molecule has 1 saturated carbocycles. The van der Waals surface area contributed by atoms with Crippen molar-refractivity contribution in [1.82, 2.24) is 14.8 Å². The molecule has 0 spiro atoms. The number of aromatic amines is 1. The van der Waals surface area contributed by atoms with Gasteiger partial charge >= 0.3 is 6.09 Å². The van der Waals surface area contributed by atoms with E-state index < -0.39 is 57.9 Å². The lowest BCUT2D eigenvalue weighted by Gasteiger charge is -2.40.